The predicted octanol–water partition coefficient (Wildman–Crippen LogP) is 5.05. The number of hydrogen-bond acceptors (Lipinski definition) is 9. The number of hydrogen-bond donors (Lipinski definition) is 1. The molecule has 1 atom stereocenters. The van der Waals surface area contributed by atoms with Crippen LogP contribution in [0.2, 0.25) is 5.02 Å². The predicted molar refractivity (Wildman–Crippen MR) is 144 cm³/mol. The minimum Gasteiger partial charge on any atom is -0.496 e. The molecule has 0 spiro atoms. The Morgan fingerprint density at radius 3 is 2.69 bits per heavy atom. The van der Waals surface area contributed by atoms with Crippen LogP contribution in [0, 0.1) is 6.92 Å². The maximum Gasteiger partial charge on any atom is 0.405 e. The maximum absolute atomic E-state index is 13.4. The zero-order chi connectivity index (χ0) is 27.9. The number of carbonyl (C=O) groups is 1. The van der Waals surface area contributed by atoms with Crippen LogP contribution in [0.5, 0.6) is 5.75 Å². The molecule has 204 valence electrons. The number of fused-ring (bicyclic) bond motifs is 1. The number of halogens is 4. The SMILES string of the molecule is COc1ccc(Cl)cc1-c1cc(C)ncc1C(=O)Nc1nc2ncc(N3CCN(C)C(C(F)(F)F)C3)nc2s1. The number of carbonyl (C=O) groups excluding carboxylic acids is 1. The van der Waals surface area contributed by atoms with E-state index in [0.29, 0.717) is 44.8 Å². The van der Waals surface area contributed by atoms with Gasteiger partial charge in [0.25, 0.3) is 5.91 Å². The summed E-state index contributed by atoms with van der Waals surface area (Å²) in [5, 5.41) is 3.49. The van der Waals surface area contributed by atoms with Crippen molar-refractivity contribution in [1.29, 1.82) is 0 Å². The van der Waals surface area contributed by atoms with Gasteiger partial charge in [-0.15, -0.1) is 0 Å². The van der Waals surface area contributed by atoms with Crippen LogP contribution in [0.1, 0.15) is 16.1 Å². The zero-order valence-corrected chi connectivity index (χ0v) is 22.7. The van der Waals surface area contributed by atoms with E-state index < -0.39 is 18.1 Å². The van der Waals surface area contributed by atoms with Gasteiger partial charge in [-0.3, -0.25) is 20.0 Å². The number of pyridine rings is 1. The molecule has 1 N–H and O–H groups in total. The van der Waals surface area contributed by atoms with Crippen molar-refractivity contribution in [1.82, 2.24) is 24.8 Å². The summed E-state index contributed by atoms with van der Waals surface area (Å²) in [6, 6.07) is 5.28. The maximum atomic E-state index is 13.4. The van der Waals surface area contributed by atoms with E-state index in [1.54, 1.807) is 29.2 Å². The molecular formula is C25H23ClF3N7O2S. The first kappa shape index (κ1) is 27.0. The minimum absolute atomic E-state index is 0.234. The lowest BCUT2D eigenvalue weighted by Gasteiger charge is -2.40. The van der Waals surface area contributed by atoms with E-state index in [0.717, 1.165) is 11.3 Å². The van der Waals surface area contributed by atoms with Gasteiger partial charge in [0.2, 0.25) is 0 Å². The molecule has 39 heavy (non-hydrogen) atoms. The van der Waals surface area contributed by atoms with Crippen LogP contribution < -0.4 is 15.0 Å². The van der Waals surface area contributed by atoms with E-state index in [9.17, 15) is 18.0 Å². The number of aryl methyl sites for hydroxylation is 1. The van der Waals surface area contributed by atoms with E-state index in [1.165, 1.54) is 31.5 Å². The summed E-state index contributed by atoms with van der Waals surface area (Å²) in [7, 11) is 2.99. The van der Waals surface area contributed by atoms with Crippen molar-refractivity contribution in [2.24, 2.45) is 0 Å². The van der Waals surface area contributed by atoms with Gasteiger partial charge in [0.1, 0.15) is 17.6 Å². The third-order valence-corrected chi connectivity index (χ3v) is 7.51. The van der Waals surface area contributed by atoms with Gasteiger partial charge in [0.15, 0.2) is 15.6 Å². The van der Waals surface area contributed by atoms with Crippen LogP contribution in [-0.2, 0) is 0 Å². The summed E-state index contributed by atoms with van der Waals surface area (Å²) in [6.45, 7) is 2.17. The van der Waals surface area contributed by atoms with Gasteiger partial charge in [-0.05, 0) is 38.2 Å². The molecule has 0 bridgehead atoms. The molecule has 1 unspecified atom stereocenters. The Bertz CT molecular complexity index is 1550. The van der Waals surface area contributed by atoms with E-state index in [-0.39, 0.29) is 29.4 Å². The van der Waals surface area contributed by atoms with Crippen molar-refractivity contribution in [3.8, 4) is 16.9 Å². The molecule has 1 aliphatic heterocycles. The smallest absolute Gasteiger partial charge is 0.405 e. The number of thiazole rings is 1. The first-order valence-corrected chi connectivity index (χ1v) is 13.0. The Balaban J connectivity index is 1.41. The lowest BCUT2D eigenvalue weighted by molar-refractivity contribution is -0.180. The van der Waals surface area contributed by atoms with E-state index in [1.807, 2.05) is 6.92 Å². The van der Waals surface area contributed by atoms with Gasteiger partial charge < -0.3 is 9.64 Å². The second-order valence-electron chi connectivity index (χ2n) is 9.03. The molecule has 1 fully saturated rings. The number of piperazine rings is 1. The van der Waals surface area contributed by atoms with Gasteiger partial charge in [-0.25, -0.2) is 9.97 Å². The highest BCUT2D eigenvalue weighted by Crippen LogP contribution is 2.36. The number of nitrogens with one attached hydrogen (secondary N) is 1. The molecule has 1 amide bonds. The topological polar surface area (TPSA) is 96.4 Å². The van der Waals surface area contributed by atoms with E-state index in [4.69, 9.17) is 16.3 Å². The third kappa shape index (κ3) is 5.60. The quantitative estimate of drug-likeness (QED) is 0.352. The van der Waals surface area contributed by atoms with Crippen LogP contribution in [0.15, 0.2) is 36.7 Å². The molecule has 5 rings (SSSR count). The van der Waals surface area contributed by atoms with Gasteiger partial charge in [-0.2, -0.15) is 18.2 Å². The van der Waals surface area contributed by atoms with Crippen molar-refractivity contribution in [3.63, 3.8) is 0 Å². The third-order valence-electron chi connectivity index (χ3n) is 6.42. The molecule has 0 aliphatic carbocycles. The summed E-state index contributed by atoms with van der Waals surface area (Å²) >= 11 is 7.30. The first-order chi connectivity index (χ1) is 18.5. The second kappa shape index (κ2) is 10.5. The number of methoxy groups -OCH3 is 1. The Labute approximate surface area is 230 Å². The molecular weight excluding hydrogens is 555 g/mol. The highest BCUT2D eigenvalue weighted by molar-refractivity contribution is 7.21. The molecule has 0 radical (unpaired) electrons. The number of benzene rings is 1. The number of anilines is 2. The molecule has 1 aromatic carbocycles. The summed E-state index contributed by atoms with van der Waals surface area (Å²) in [5.41, 5.74) is 2.45. The van der Waals surface area contributed by atoms with Crippen molar-refractivity contribution in [2.75, 3.05) is 44.0 Å². The lowest BCUT2D eigenvalue weighted by Crippen LogP contribution is -2.57. The zero-order valence-electron chi connectivity index (χ0n) is 21.1. The Kier molecular flexibility index (Phi) is 7.31. The van der Waals surface area contributed by atoms with Crippen LogP contribution in [0.25, 0.3) is 21.6 Å². The molecule has 4 aromatic rings. The van der Waals surface area contributed by atoms with Crippen molar-refractivity contribution < 1.29 is 22.7 Å². The van der Waals surface area contributed by atoms with Gasteiger partial charge in [-0.1, -0.05) is 22.9 Å². The number of aromatic nitrogens is 4. The number of amides is 1. The Morgan fingerprint density at radius 1 is 1.15 bits per heavy atom. The molecule has 3 aromatic heterocycles. The van der Waals surface area contributed by atoms with Crippen LogP contribution in [-0.4, -0.2) is 76.8 Å². The van der Waals surface area contributed by atoms with Crippen molar-refractivity contribution >= 4 is 50.3 Å². The van der Waals surface area contributed by atoms with E-state index >= 15 is 0 Å². The molecule has 14 heteroatoms. The average molecular weight is 578 g/mol. The average Bonchev–Trinajstić information content (AvgIpc) is 3.29. The molecule has 0 saturated carbocycles. The number of nitrogens with zero attached hydrogens (tertiary/aromatic N) is 6. The fraction of sp³-hybridized carbons (Fsp3) is 0.320. The monoisotopic (exact) mass is 577 g/mol. The molecule has 1 aliphatic rings. The van der Waals surface area contributed by atoms with E-state index in [2.05, 4.69) is 25.3 Å². The normalized spacial score (nSPS) is 16.5. The molecule has 1 saturated heterocycles. The summed E-state index contributed by atoms with van der Waals surface area (Å²) in [4.78, 5) is 34.0. The fourth-order valence-electron chi connectivity index (χ4n) is 4.37. The molecule has 9 nitrogen and oxygen atoms in total. The Morgan fingerprint density at radius 2 is 1.95 bits per heavy atom. The molecule has 4 heterocycles. The van der Waals surface area contributed by atoms with Gasteiger partial charge in [0, 0.05) is 47.7 Å². The minimum atomic E-state index is -4.36. The second-order valence-corrected chi connectivity index (χ2v) is 10.4. The van der Waals surface area contributed by atoms with Crippen LogP contribution >= 0.6 is 22.9 Å². The lowest BCUT2D eigenvalue weighted by atomic mass is 9.99. The summed E-state index contributed by atoms with van der Waals surface area (Å²) in [5.74, 6) is 0.395. The highest BCUT2D eigenvalue weighted by atomic mass is 35.5. The van der Waals surface area contributed by atoms with Gasteiger partial charge in [0.05, 0.1) is 18.9 Å². The van der Waals surface area contributed by atoms with Crippen LogP contribution in [0.4, 0.5) is 24.1 Å². The van der Waals surface area contributed by atoms with Crippen LogP contribution in [0.3, 0.4) is 0 Å². The highest BCUT2D eigenvalue weighted by Gasteiger charge is 2.45. The standard InChI is InChI=1S/C25H23ClF3N7O2S/c1-13-8-15(16-9-14(26)4-5-18(16)38-3)17(10-30-13)22(37)34-24-33-21-23(39-24)32-20(11-31-21)36-7-6-35(2)19(12-36)25(27,28)29/h4-5,8-11,19H,6-7,12H2,1-3H3,(H,31,33,34,37). The van der Waals surface area contributed by atoms with Crippen molar-refractivity contribution in [2.45, 2.75) is 19.1 Å². The largest absolute Gasteiger partial charge is 0.496 e. The van der Waals surface area contributed by atoms with Crippen molar-refractivity contribution in [3.05, 3.63) is 52.9 Å². The Hall–Kier alpha value is -3.55. The number of rotatable bonds is 5. The van der Waals surface area contributed by atoms with Gasteiger partial charge >= 0.3 is 6.18 Å². The number of ether oxygens (including phenoxy) is 1. The number of likely N-dealkylation sites (N-methyl/N-ethyl adjacent to an activating group) is 1. The first-order valence-electron chi connectivity index (χ1n) is 11.8. The summed E-state index contributed by atoms with van der Waals surface area (Å²) in [6.07, 6.45) is -1.49. The summed E-state index contributed by atoms with van der Waals surface area (Å²) < 4.78 is 45.8. The fourth-order valence-corrected chi connectivity index (χ4v) is 5.33. The number of alkyl halides is 3.